The van der Waals surface area contributed by atoms with E-state index in [-0.39, 0.29) is 41.2 Å². The Balaban J connectivity index is 0. The summed E-state index contributed by atoms with van der Waals surface area (Å²) in [5.41, 5.74) is 2.00. The van der Waals surface area contributed by atoms with Crippen LogP contribution >= 0.6 is 0 Å². The lowest BCUT2D eigenvalue weighted by molar-refractivity contribution is -0.384. The minimum absolute atomic E-state index is 0. The van der Waals surface area contributed by atoms with Crippen molar-refractivity contribution in [3.8, 4) is 5.75 Å². The zero-order valence-corrected chi connectivity index (χ0v) is 12.0. The minimum atomic E-state index is -0.501. The monoisotopic (exact) mass is 349 g/mol. The third-order valence-corrected chi connectivity index (χ3v) is 2.92. The van der Waals surface area contributed by atoms with Crippen LogP contribution in [-0.2, 0) is 16.1 Å². The molecule has 25 heavy (non-hydrogen) atoms. The number of nitrogens with zero attached hydrogens (tertiary/aromatic N) is 1. The molecule has 0 aliphatic heterocycles. The molecule has 0 bridgehead atoms. The van der Waals surface area contributed by atoms with Gasteiger partial charge in [0, 0.05) is 12.1 Å². The highest BCUT2D eigenvalue weighted by molar-refractivity contribution is 5.71. The van der Waals surface area contributed by atoms with E-state index in [1.54, 1.807) is 0 Å². The highest BCUT2D eigenvalue weighted by Crippen LogP contribution is 2.17. The number of nitro benzene ring substituents is 1. The Morgan fingerprint density at radius 3 is 2.08 bits per heavy atom. The third-order valence-electron chi connectivity index (χ3n) is 2.92. The average Bonchev–Trinajstić information content (AvgIpc) is 2.52. The Bertz CT molecular complexity index is 651. The number of aryl methyl sites for hydroxylation is 1. The van der Waals surface area contributed by atoms with Gasteiger partial charge in [-0.25, -0.2) is 4.79 Å². The van der Waals surface area contributed by atoms with Crippen LogP contribution in [0.15, 0.2) is 48.5 Å². The Morgan fingerprint density at radius 1 is 1.00 bits per heavy atom. The Labute approximate surface area is 149 Å². The predicted molar refractivity (Wildman–Crippen MR) is 99.8 cm³/mol. The molecule has 0 aromatic heterocycles. The second-order valence-corrected chi connectivity index (χ2v) is 4.69. The molecule has 0 atom stereocenters. The molecule has 2 rings (SSSR count). The molecular formula is C19H27NO5. The largest absolute Gasteiger partial charge is 0.482 e. The van der Waals surface area contributed by atoms with Crippen molar-refractivity contribution in [2.75, 3.05) is 6.61 Å². The number of nitro groups is 1. The van der Waals surface area contributed by atoms with Crippen LogP contribution in [0.25, 0.3) is 0 Å². The normalized spacial score (nSPS) is 8.84. The fourth-order valence-electron chi connectivity index (χ4n) is 1.70. The van der Waals surface area contributed by atoms with Crippen LogP contribution < -0.4 is 4.74 Å². The van der Waals surface area contributed by atoms with Crippen molar-refractivity contribution in [3.05, 3.63) is 69.8 Å². The first-order valence-electron chi connectivity index (χ1n) is 6.63. The Hall–Kier alpha value is -2.89. The van der Waals surface area contributed by atoms with E-state index in [2.05, 4.69) is 0 Å². The summed E-state index contributed by atoms with van der Waals surface area (Å²) in [6.07, 6.45) is 0. The van der Waals surface area contributed by atoms with Crippen LogP contribution in [0.2, 0.25) is 0 Å². The van der Waals surface area contributed by atoms with Crippen LogP contribution in [0.3, 0.4) is 0 Å². The summed E-state index contributed by atoms with van der Waals surface area (Å²) in [6, 6.07) is 13.2. The second-order valence-electron chi connectivity index (χ2n) is 4.69. The van der Waals surface area contributed by atoms with Crippen molar-refractivity contribution in [2.24, 2.45) is 0 Å². The van der Waals surface area contributed by atoms with E-state index >= 15 is 0 Å². The summed E-state index contributed by atoms with van der Waals surface area (Å²) >= 11 is 0. The molecule has 0 heterocycles. The minimum Gasteiger partial charge on any atom is -0.482 e. The quantitative estimate of drug-likeness (QED) is 0.419. The molecule has 0 saturated heterocycles. The van der Waals surface area contributed by atoms with Gasteiger partial charge in [-0.3, -0.25) is 10.1 Å². The van der Waals surface area contributed by atoms with E-state index < -0.39 is 10.9 Å². The molecule has 138 valence electrons. The van der Waals surface area contributed by atoms with Gasteiger partial charge in [-0.2, -0.15) is 0 Å². The summed E-state index contributed by atoms with van der Waals surface area (Å²) in [5, 5.41) is 10.5. The number of rotatable bonds is 6. The lowest BCUT2D eigenvalue weighted by Gasteiger charge is -2.07. The molecule has 0 N–H and O–H groups in total. The molecule has 0 aliphatic rings. The van der Waals surface area contributed by atoms with Crippen LogP contribution in [0.5, 0.6) is 5.75 Å². The number of benzene rings is 2. The lowest BCUT2D eigenvalue weighted by Crippen LogP contribution is -2.14. The van der Waals surface area contributed by atoms with Crippen molar-refractivity contribution in [2.45, 2.75) is 35.8 Å². The van der Waals surface area contributed by atoms with Gasteiger partial charge in [0.25, 0.3) is 5.69 Å². The molecule has 2 aromatic rings. The van der Waals surface area contributed by atoms with Gasteiger partial charge in [-0.05, 0) is 24.6 Å². The van der Waals surface area contributed by atoms with Crippen LogP contribution in [0.4, 0.5) is 5.69 Å². The SMILES string of the molecule is C.C.C.Cc1ccc(COC(=O)COc2ccc([N+](=O)[O-])cc2)cc1. The number of non-ortho nitro benzene ring substituents is 1. The number of carbonyl (C=O) groups is 1. The summed E-state index contributed by atoms with van der Waals surface area (Å²) < 4.78 is 10.3. The Kier molecular flexibility index (Phi) is 11.3. The van der Waals surface area contributed by atoms with Gasteiger partial charge in [0.1, 0.15) is 12.4 Å². The topological polar surface area (TPSA) is 78.7 Å². The number of hydrogen-bond acceptors (Lipinski definition) is 5. The Morgan fingerprint density at radius 2 is 1.56 bits per heavy atom. The zero-order chi connectivity index (χ0) is 15.9. The molecule has 0 fully saturated rings. The third kappa shape index (κ3) is 7.97. The van der Waals surface area contributed by atoms with Crippen molar-refractivity contribution in [1.29, 1.82) is 0 Å². The lowest BCUT2D eigenvalue weighted by atomic mass is 10.2. The van der Waals surface area contributed by atoms with Gasteiger partial charge in [0.05, 0.1) is 4.92 Å². The van der Waals surface area contributed by atoms with E-state index in [0.717, 1.165) is 11.1 Å². The van der Waals surface area contributed by atoms with Crippen molar-refractivity contribution in [3.63, 3.8) is 0 Å². The fraction of sp³-hybridized carbons (Fsp3) is 0.316. The van der Waals surface area contributed by atoms with E-state index in [1.165, 1.54) is 24.3 Å². The molecule has 2 aromatic carbocycles. The van der Waals surface area contributed by atoms with Gasteiger partial charge in [-0.1, -0.05) is 52.1 Å². The van der Waals surface area contributed by atoms with Crippen LogP contribution in [-0.4, -0.2) is 17.5 Å². The second kappa shape index (κ2) is 11.6. The van der Waals surface area contributed by atoms with E-state index in [0.29, 0.717) is 5.75 Å². The number of ether oxygens (including phenoxy) is 2. The first kappa shape index (κ1) is 24.4. The summed E-state index contributed by atoms with van der Waals surface area (Å²) in [6.45, 7) is 1.92. The summed E-state index contributed by atoms with van der Waals surface area (Å²) in [5.74, 6) is -0.128. The highest BCUT2D eigenvalue weighted by atomic mass is 16.6. The van der Waals surface area contributed by atoms with Crippen molar-refractivity contribution in [1.82, 2.24) is 0 Å². The molecule has 0 radical (unpaired) electrons. The maximum atomic E-state index is 11.6. The molecule has 0 aliphatic carbocycles. The molecule has 0 unspecified atom stereocenters. The first-order chi connectivity index (χ1) is 10.5. The van der Waals surface area contributed by atoms with Crippen molar-refractivity contribution >= 4 is 11.7 Å². The smallest absolute Gasteiger partial charge is 0.344 e. The molecule has 6 heteroatoms. The number of esters is 1. The number of hydrogen-bond donors (Lipinski definition) is 0. The maximum Gasteiger partial charge on any atom is 0.344 e. The average molecular weight is 349 g/mol. The maximum absolute atomic E-state index is 11.6. The molecular weight excluding hydrogens is 322 g/mol. The first-order valence-corrected chi connectivity index (χ1v) is 6.63. The van der Waals surface area contributed by atoms with Gasteiger partial charge in [0.2, 0.25) is 0 Å². The van der Waals surface area contributed by atoms with Gasteiger partial charge >= 0.3 is 5.97 Å². The zero-order valence-electron chi connectivity index (χ0n) is 12.0. The van der Waals surface area contributed by atoms with E-state index in [4.69, 9.17) is 9.47 Å². The highest BCUT2D eigenvalue weighted by Gasteiger charge is 2.07. The molecule has 0 spiro atoms. The van der Waals surface area contributed by atoms with Gasteiger partial charge in [-0.15, -0.1) is 0 Å². The molecule has 6 nitrogen and oxygen atoms in total. The summed E-state index contributed by atoms with van der Waals surface area (Å²) in [7, 11) is 0. The molecule has 0 saturated carbocycles. The summed E-state index contributed by atoms with van der Waals surface area (Å²) in [4.78, 5) is 21.6. The predicted octanol–water partition coefficient (Wildman–Crippen LogP) is 4.93. The van der Waals surface area contributed by atoms with Gasteiger partial charge < -0.3 is 9.47 Å². The molecule has 0 amide bonds. The van der Waals surface area contributed by atoms with Gasteiger partial charge in [0.15, 0.2) is 6.61 Å². The van der Waals surface area contributed by atoms with E-state index in [1.807, 2.05) is 31.2 Å². The van der Waals surface area contributed by atoms with Crippen molar-refractivity contribution < 1.29 is 19.2 Å². The standard InChI is InChI=1S/C16H15NO5.3CH4/c1-12-2-4-13(5-3-12)10-22-16(18)11-21-15-8-6-14(7-9-15)17(19)20;;;/h2-9H,10-11H2,1H3;3*1H4. The number of carbonyl (C=O) groups excluding carboxylic acids is 1. The fourth-order valence-corrected chi connectivity index (χ4v) is 1.70. The van der Waals surface area contributed by atoms with Crippen LogP contribution in [0.1, 0.15) is 33.4 Å². The van der Waals surface area contributed by atoms with Crippen LogP contribution in [0, 0.1) is 17.0 Å². The van der Waals surface area contributed by atoms with E-state index in [9.17, 15) is 14.9 Å².